The van der Waals surface area contributed by atoms with Crippen molar-refractivity contribution in [1.29, 1.82) is 0 Å². The molecule has 0 amide bonds. The molecule has 0 aromatic heterocycles. The highest BCUT2D eigenvalue weighted by Gasteiger charge is 2.08. The lowest BCUT2D eigenvalue weighted by atomic mass is 9.90. The molecule has 1 nitrogen and oxygen atoms in total. The average molecular weight is 157 g/mol. The summed E-state index contributed by atoms with van der Waals surface area (Å²) in [6.45, 7) is 14.2. The van der Waals surface area contributed by atoms with Gasteiger partial charge in [0.2, 0.25) is 0 Å². The van der Waals surface area contributed by atoms with Gasteiger partial charge in [0.15, 0.2) is 0 Å². The maximum atomic E-state index is 5.41. The molecule has 11 heavy (non-hydrogen) atoms. The zero-order chi connectivity index (χ0) is 9.49. The lowest BCUT2D eigenvalue weighted by Crippen LogP contribution is -2.07. The van der Waals surface area contributed by atoms with Gasteiger partial charge in [0.1, 0.15) is 0 Å². The van der Waals surface area contributed by atoms with Crippen molar-refractivity contribution in [3.8, 4) is 0 Å². The van der Waals surface area contributed by atoms with E-state index in [9.17, 15) is 0 Å². The Labute approximate surface area is 71.7 Å². The van der Waals surface area contributed by atoms with E-state index in [0.29, 0.717) is 5.41 Å². The molecule has 0 fully saturated rings. The molecule has 0 aliphatic heterocycles. The second kappa shape index (κ2) is 6.26. The third-order valence-corrected chi connectivity index (χ3v) is 1.20. The van der Waals surface area contributed by atoms with Crippen molar-refractivity contribution in [3.05, 3.63) is 12.3 Å². The van der Waals surface area contributed by atoms with Crippen molar-refractivity contribution in [2.75, 3.05) is 0 Å². The summed E-state index contributed by atoms with van der Waals surface area (Å²) >= 11 is 0. The summed E-state index contributed by atoms with van der Waals surface area (Å²) in [4.78, 5) is 0. The molecule has 0 aromatic rings. The molecule has 0 atom stereocenters. The number of hydrogen-bond acceptors (Lipinski definition) is 1. The molecule has 68 valence electrons. The zero-order valence-electron chi connectivity index (χ0n) is 8.70. The standard InChI is InChI=1S/C8H17N.C2H6/c1-7(9)5-6-8(2,3)4;1-2/h1,5-6,9H2,2-4H3;1-2H3. The Hall–Kier alpha value is -0.460. The van der Waals surface area contributed by atoms with Crippen LogP contribution in [0.2, 0.25) is 0 Å². The highest BCUT2D eigenvalue weighted by Crippen LogP contribution is 2.21. The molecule has 0 aliphatic carbocycles. The molecule has 0 aromatic carbocycles. The molecule has 0 rings (SSSR count). The molecule has 0 bridgehead atoms. The largest absolute Gasteiger partial charge is 0.403 e. The average Bonchev–Trinajstić information content (AvgIpc) is 1.87. The van der Waals surface area contributed by atoms with E-state index in [2.05, 4.69) is 27.4 Å². The first-order chi connectivity index (χ1) is 4.92. The van der Waals surface area contributed by atoms with E-state index in [1.165, 1.54) is 0 Å². The van der Waals surface area contributed by atoms with Crippen molar-refractivity contribution in [3.63, 3.8) is 0 Å². The van der Waals surface area contributed by atoms with Gasteiger partial charge >= 0.3 is 0 Å². The van der Waals surface area contributed by atoms with Crippen molar-refractivity contribution >= 4 is 0 Å². The SMILES string of the molecule is C=C(N)CCC(C)(C)C.CC. The second-order valence-electron chi connectivity index (χ2n) is 3.72. The third kappa shape index (κ3) is 17.7. The van der Waals surface area contributed by atoms with Gasteiger partial charge in [-0.05, 0) is 18.3 Å². The van der Waals surface area contributed by atoms with Gasteiger partial charge < -0.3 is 5.73 Å². The molecule has 0 radical (unpaired) electrons. The fraction of sp³-hybridized carbons (Fsp3) is 0.800. The zero-order valence-corrected chi connectivity index (χ0v) is 8.70. The van der Waals surface area contributed by atoms with Crippen LogP contribution in [-0.4, -0.2) is 0 Å². The summed E-state index contributed by atoms with van der Waals surface area (Å²) in [5.74, 6) is 0. The van der Waals surface area contributed by atoms with E-state index in [1.54, 1.807) is 0 Å². The van der Waals surface area contributed by atoms with Crippen molar-refractivity contribution in [2.45, 2.75) is 47.5 Å². The quantitative estimate of drug-likeness (QED) is 0.654. The van der Waals surface area contributed by atoms with Gasteiger partial charge in [-0.1, -0.05) is 41.2 Å². The van der Waals surface area contributed by atoms with Crippen LogP contribution in [0.5, 0.6) is 0 Å². The van der Waals surface area contributed by atoms with Gasteiger partial charge in [-0.25, -0.2) is 0 Å². The van der Waals surface area contributed by atoms with E-state index in [-0.39, 0.29) is 0 Å². The highest BCUT2D eigenvalue weighted by atomic mass is 14.6. The van der Waals surface area contributed by atoms with Gasteiger partial charge in [-0.3, -0.25) is 0 Å². The Balaban J connectivity index is 0. The van der Waals surface area contributed by atoms with E-state index < -0.39 is 0 Å². The topological polar surface area (TPSA) is 26.0 Å². The minimum Gasteiger partial charge on any atom is -0.403 e. The molecular formula is C10H23N. The molecule has 1 heteroatoms. The summed E-state index contributed by atoms with van der Waals surface area (Å²) in [5, 5.41) is 0. The summed E-state index contributed by atoms with van der Waals surface area (Å²) in [6, 6.07) is 0. The maximum absolute atomic E-state index is 5.41. The van der Waals surface area contributed by atoms with Crippen LogP contribution in [0, 0.1) is 5.41 Å². The highest BCUT2D eigenvalue weighted by molar-refractivity contribution is 4.86. The molecule has 0 saturated carbocycles. The second-order valence-corrected chi connectivity index (χ2v) is 3.72. The number of hydrogen-bond donors (Lipinski definition) is 1. The summed E-state index contributed by atoms with van der Waals surface area (Å²) in [7, 11) is 0. The van der Waals surface area contributed by atoms with Crippen LogP contribution in [-0.2, 0) is 0 Å². The first-order valence-corrected chi connectivity index (χ1v) is 4.35. The number of allylic oxidation sites excluding steroid dienone is 1. The van der Waals surface area contributed by atoms with E-state index in [4.69, 9.17) is 5.73 Å². The molecular weight excluding hydrogens is 134 g/mol. The van der Waals surface area contributed by atoms with E-state index in [0.717, 1.165) is 18.5 Å². The number of nitrogens with two attached hydrogens (primary N) is 1. The van der Waals surface area contributed by atoms with Crippen LogP contribution in [0.1, 0.15) is 47.5 Å². The minimum absolute atomic E-state index is 0.391. The Morgan fingerprint density at radius 1 is 1.27 bits per heavy atom. The number of rotatable bonds is 2. The Morgan fingerprint density at radius 2 is 1.64 bits per heavy atom. The Bertz CT molecular complexity index is 97.9. The van der Waals surface area contributed by atoms with Gasteiger partial charge in [0.25, 0.3) is 0 Å². The molecule has 0 unspecified atom stereocenters. The van der Waals surface area contributed by atoms with Crippen LogP contribution in [0.25, 0.3) is 0 Å². The lowest BCUT2D eigenvalue weighted by molar-refractivity contribution is 0.377. The first-order valence-electron chi connectivity index (χ1n) is 4.35. The summed E-state index contributed by atoms with van der Waals surface area (Å²) < 4.78 is 0. The lowest BCUT2D eigenvalue weighted by Gasteiger charge is -2.17. The van der Waals surface area contributed by atoms with Crippen molar-refractivity contribution in [1.82, 2.24) is 0 Å². The van der Waals surface area contributed by atoms with Crippen molar-refractivity contribution in [2.24, 2.45) is 11.1 Å². The van der Waals surface area contributed by atoms with Crippen LogP contribution in [0.3, 0.4) is 0 Å². The molecule has 0 aliphatic rings. The van der Waals surface area contributed by atoms with Crippen LogP contribution >= 0.6 is 0 Å². The fourth-order valence-electron chi connectivity index (χ4n) is 0.536. The van der Waals surface area contributed by atoms with E-state index >= 15 is 0 Å². The van der Waals surface area contributed by atoms with Gasteiger partial charge in [-0.15, -0.1) is 0 Å². The fourth-order valence-corrected chi connectivity index (χ4v) is 0.536. The Kier molecular flexibility index (Phi) is 7.49. The van der Waals surface area contributed by atoms with Gasteiger partial charge in [-0.2, -0.15) is 0 Å². The minimum atomic E-state index is 0.391. The molecule has 0 heterocycles. The van der Waals surface area contributed by atoms with Crippen LogP contribution < -0.4 is 5.73 Å². The van der Waals surface area contributed by atoms with Gasteiger partial charge in [0, 0.05) is 5.70 Å². The molecule has 0 saturated heterocycles. The summed E-state index contributed by atoms with van der Waals surface area (Å²) in [6.07, 6.45) is 2.08. The van der Waals surface area contributed by atoms with Crippen molar-refractivity contribution < 1.29 is 0 Å². The predicted molar refractivity (Wildman–Crippen MR) is 53.4 cm³/mol. The third-order valence-electron chi connectivity index (χ3n) is 1.20. The monoisotopic (exact) mass is 157 g/mol. The van der Waals surface area contributed by atoms with Gasteiger partial charge in [0.05, 0.1) is 0 Å². The smallest absolute Gasteiger partial charge is 0.000764 e. The van der Waals surface area contributed by atoms with Crippen LogP contribution in [0.4, 0.5) is 0 Å². The normalized spacial score (nSPS) is 9.91. The summed E-state index contributed by atoms with van der Waals surface area (Å²) in [5.41, 5.74) is 6.59. The Morgan fingerprint density at radius 3 is 1.73 bits per heavy atom. The van der Waals surface area contributed by atoms with Crippen LogP contribution in [0.15, 0.2) is 12.3 Å². The molecule has 0 spiro atoms. The predicted octanol–water partition coefficient (Wildman–Crippen LogP) is 3.31. The van der Waals surface area contributed by atoms with E-state index in [1.807, 2.05) is 13.8 Å². The maximum Gasteiger partial charge on any atom is 0.000764 e. The first kappa shape index (κ1) is 13.2. The molecule has 2 N–H and O–H groups in total.